The van der Waals surface area contributed by atoms with Crippen molar-refractivity contribution in [1.29, 1.82) is 0 Å². The van der Waals surface area contributed by atoms with E-state index in [0.717, 1.165) is 13.3 Å². The second-order valence-corrected chi connectivity index (χ2v) is 9.12. The number of carboxylic acid groups (broad SMARTS) is 1. The highest BCUT2D eigenvalue weighted by atomic mass is 35.5. The number of carbonyl (C=O) groups is 2. The van der Waals surface area contributed by atoms with E-state index in [1.54, 1.807) is 6.07 Å². The van der Waals surface area contributed by atoms with E-state index in [-0.39, 0.29) is 22.7 Å². The van der Waals surface area contributed by atoms with Gasteiger partial charge in [0.15, 0.2) is 0 Å². The molecule has 3 rings (SSSR count). The average molecular weight is 488 g/mol. The Morgan fingerprint density at radius 2 is 1.75 bits per heavy atom. The normalized spacial score (nSPS) is 17.2. The van der Waals surface area contributed by atoms with Gasteiger partial charge in [0.25, 0.3) is 0 Å². The maximum absolute atomic E-state index is 13.5. The quantitative estimate of drug-likeness (QED) is 0.455. The fraction of sp³-hybridized carbons (Fsp3) is 0.391. The summed E-state index contributed by atoms with van der Waals surface area (Å²) in [5, 5.41) is 12.6. The molecule has 9 heteroatoms. The first kappa shape index (κ1) is 24.4. The zero-order valence-electron chi connectivity index (χ0n) is 17.2. The second kappa shape index (κ2) is 9.32. The molecule has 0 radical (unpaired) electrons. The molecule has 0 aromatic heterocycles. The van der Waals surface area contributed by atoms with Crippen LogP contribution in [0.2, 0.25) is 10.0 Å². The van der Waals surface area contributed by atoms with Crippen molar-refractivity contribution in [2.75, 3.05) is 5.32 Å². The predicted octanol–water partition coefficient (Wildman–Crippen LogP) is 6.71. The number of alkyl halides is 3. The minimum atomic E-state index is -4.61. The van der Waals surface area contributed by atoms with Crippen LogP contribution >= 0.6 is 23.2 Å². The van der Waals surface area contributed by atoms with Crippen LogP contribution in [-0.4, -0.2) is 23.2 Å². The molecule has 2 N–H and O–H groups in total. The highest BCUT2D eigenvalue weighted by Gasteiger charge is 2.46. The fourth-order valence-electron chi connectivity index (χ4n) is 3.98. The lowest BCUT2D eigenvalue weighted by molar-refractivity contribution is -0.178. The molecule has 4 nitrogen and oxygen atoms in total. The molecule has 0 heterocycles. The Hall–Kier alpha value is -2.25. The van der Waals surface area contributed by atoms with Crippen molar-refractivity contribution in [3.8, 4) is 0 Å². The third kappa shape index (κ3) is 5.21. The van der Waals surface area contributed by atoms with Gasteiger partial charge in [-0.1, -0.05) is 54.7 Å². The zero-order chi connectivity index (χ0) is 23.7. The Kier molecular flexibility index (Phi) is 7.10. The third-order valence-corrected chi connectivity index (χ3v) is 6.70. The number of hydrogen-bond donors (Lipinski definition) is 2. The van der Waals surface area contributed by atoms with E-state index in [0.29, 0.717) is 23.4 Å². The number of halogens is 5. The number of anilines is 1. The molecule has 172 valence electrons. The second-order valence-electron chi connectivity index (χ2n) is 8.28. The van der Waals surface area contributed by atoms with Crippen molar-refractivity contribution in [1.82, 2.24) is 0 Å². The number of carboxylic acids is 1. The standard InChI is InChI=1S/C23H22Cl2F3NO3/c1-13(23(26,27)28)19(15-4-6-16(24)7-5-15)20(30)29-18-11-14(3-8-17(18)25)12-22(21(31)32)9-2-10-22/h3-8,11,13,19H,2,9-10,12H2,1H3,(H,29,30)(H,31,32)/t13-,19+/m1/s1. The van der Waals surface area contributed by atoms with Crippen LogP contribution in [0.1, 0.15) is 43.2 Å². The topological polar surface area (TPSA) is 66.4 Å². The number of benzene rings is 2. The third-order valence-electron chi connectivity index (χ3n) is 6.12. The molecule has 1 amide bonds. The summed E-state index contributed by atoms with van der Waals surface area (Å²) >= 11 is 12.0. The molecule has 1 fully saturated rings. The van der Waals surface area contributed by atoms with E-state index in [2.05, 4.69) is 5.32 Å². The monoisotopic (exact) mass is 487 g/mol. The summed E-state index contributed by atoms with van der Waals surface area (Å²) in [5.41, 5.74) is 0.0931. The van der Waals surface area contributed by atoms with E-state index in [1.807, 2.05) is 0 Å². The number of hydrogen-bond acceptors (Lipinski definition) is 2. The van der Waals surface area contributed by atoms with Gasteiger partial charge in [-0.2, -0.15) is 13.2 Å². The van der Waals surface area contributed by atoms with Crippen LogP contribution in [0.25, 0.3) is 0 Å². The summed E-state index contributed by atoms with van der Waals surface area (Å²) in [6.45, 7) is 0.949. The summed E-state index contributed by atoms with van der Waals surface area (Å²) in [4.78, 5) is 24.7. The maximum atomic E-state index is 13.5. The smallest absolute Gasteiger partial charge is 0.392 e. The van der Waals surface area contributed by atoms with Crippen LogP contribution in [0, 0.1) is 11.3 Å². The number of rotatable bonds is 7. The van der Waals surface area contributed by atoms with Gasteiger partial charge < -0.3 is 10.4 Å². The largest absolute Gasteiger partial charge is 0.481 e. The van der Waals surface area contributed by atoms with E-state index >= 15 is 0 Å². The van der Waals surface area contributed by atoms with Gasteiger partial charge in [-0.05, 0) is 54.7 Å². The van der Waals surface area contributed by atoms with Crippen LogP contribution in [0.5, 0.6) is 0 Å². The molecule has 32 heavy (non-hydrogen) atoms. The lowest BCUT2D eigenvalue weighted by Crippen LogP contribution is -2.39. The van der Waals surface area contributed by atoms with Crippen molar-refractivity contribution in [2.45, 2.75) is 44.7 Å². The predicted molar refractivity (Wildman–Crippen MR) is 117 cm³/mol. The van der Waals surface area contributed by atoms with Gasteiger partial charge in [0.1, 0.15) is 0 Å². The lowest BCUT2D eigenvalue weighted by Gasteiger charge is -2.37. The average Bonchev–Trinajstić information content (AvgIpc) is 2.67. The summed E-state index contributed by atoms with van der Waals surface area (Å²) in [6, 6.07) is 10.3. The molecule has 0 bridgehead atoms. The molecule has 1 aliphatic rings. The number of amides is 1. The van der Waals surface area contributed by atoms with Crippen molar-refractivity contribution in [3.63, 3.8) is 0 Å². The first-order valence-electron chi connectivity index (χ1n) is 10.1. The van der Waals surface area contributed by atoms with Crippen molar-refractivity contribution in [3.05, 3.63) is 63.6 Å². The van der Waals surface area contributed by atoms with Gasteiger partial charge in [0.2, 0.25) is 5.91 Å². The number of nitrogens with one attached hydrogen (secondary N) is 1. The minimum absolute atomic E-state index is 0.141. The van der Waals surface area contributed by atoms with Gasteiger partial charge >= 0.3 is 12.1 Å². The molecule has 0 aliphatic heterocycles. The van der Waals surface area contributed by atoms with Crippen molar-refractivity contribution >= 4 is 40.8 Å². The molecule has 2 aromatic rings. The van der Waals surface area contributed by atoms with Crippen LogP contribution < -0.4 is 5.32 Å². The minimum Gasteiger partial charge on any atom is -0.481 e. The number of carbonyl (C=O) groups excluding carboxylic acids is 1. The summed E-state index contributed by atoms with van der Waals surface area (Å²) < 4.78 is 40.6. The molecule has 2 atom stereocenters. The van der Waals surface area contributed by atoms with Crippen molar-refractivity contribution < 1.29 is 27.9 Å². The van der Waals surface area contributed by atoms with Crippen LogP contribution in [-0.2, 0) is 16.0 Å². The van der Waals surface area contributed by atoms with Crippen LogP contribution in [0.3, 0.4) is 0 Å². The molecule has 0 saturated heterocycles. The van der Waals surface area contributed by atoms with Gasteiger partial charge in [-0.3, -0.25) is 9.59 Å². The van der Waals surface area contributed by atoms with Crippen LogP contribution in [0.15, 0.2) is 42.5 Å². The van der Waals surface area contributed by atoms with Gasteiger partial charge in [-0.25, -0.2) is 0 Å². The van der Waals surface area contributed by atoms with E-state index in [1.165, 1.54) is 36.4 Å². The SMILES string of the molecule is C[C@H]([C@H](C(=O)Nc1cc(CC2(C(=O)O)CCC2)ccc1Cl)c1ccc(Cl)cc1)C(F)(F)F. The highest BCUT2D eigenvalue weighted by Crippen LogP contribution is 2.45. The van der Waals surface area contributed by atoms with Gasteiger partial charge in [0, 0.05) is 5.02 Å². The Balaban J connectivity index is 1.88. The number of aliphatic carboxylic acids is 1. The summed E-state index contributed by atoms with van der Waals surface area (Å²) in [5.74, 6) is -5.24. The molecule has 1 aliphatic carbocycles. The fourth-order valence-corrected chi connectivity index (χ4v) is 4.27. The van der Waals surface area contributed by atoms with Crippen LogP contribution in [0.4, 0.5) is 18.9 Å². The molecule has 0 unspecified atom stereocenters. The van der Waals surface area contributed by atoms with E-state index < -0.39 is 35.3 Å². The highest BCUT2D eigenvalue weighted by molar-refractivity contribution is 6.33. The molecule has 2 aromatic carbocycles. The zero-order valence-corrected chi connectivity index (χ0v) is 18.7. The summed E-state index contributed by atoms with van der Waals surface area (Å²) in [6.07, 6.45) is -2.43. The Morgan fingerprint density at radius 1 is 1.12 bits per heavy atom. The van der Waals surface area contributed by atoms with E-state index in [9.17, 15) is 27.9 Å². The first-order chi connectivity index (χ1) is 14.9. The molecule has 1 saturated carbocycles. The first-order valence-corrected chi connectivity index (χ1v) is 10.8. The van der Waals surface area contributed by atoms with Gasteiger partial charge in [-0.15, -0.1) is 0 Å². The summed E-state index contributed by atoms with van der Waals surface area (Å²) in [7, 11) is 0. The van der Waals surface area contributed by atoms with Gasteiger partial charge in [0.05, 0.1) is 28.0 Å². The molecule has 0 spiro atoms. The molecular formula is C23H22Cl2F3NO3. The Morgan fingerprint density at radius 3 is 2.25 bits per heavy atom. The Labute approximate surface area is 193 Å². The lowest BCUT2D eigenvalue weighted by atomic mass is 9.65. The Bertz CT molecular complexity index is 1000. The van der Waals surface area contributed by atoms with E-state index in [4.69, 9.17) is 23.2 Å². The maximum Gasteiger partial charge on any atom is 0.392 e. The molecular weight excluding hydrogens is 466 g/mol. The van der Waals surface area contributed by atoms with Crippen molar-refractivity contribution in [2.24, 2.45) is 11.3 Å².